The molecule has 0 aliphatic rings. The Labute approximate surface area is 126 Å². The van der Waals surface area contributed by atoms with Crippen molar-refractivity contribution in [2.24, 2.45) is 0 Å². The Hall–Kier alpha value is -1.96. The molecule has 2 aromatic rings. The predicted octanol–water partition coefficient (Wildman–Crippen LogP) is 4.25. The molecule has 4 nitrogen and oxygen atoms in total. The van der Waals surface area contributed by atoms with E-state index in [1.165, 1.54) is 7.11 Å². The first-order chi connectivity index (χ1) is 9.79. The van der Waals surface area contributed by atoms with Crippen LogP contribution < -0.4 is 15.2 Å². The molecule has 0 unspecified atom stereocenters. The number of benzene rings is 1. The Kier molecular flexibility index (Phi) is 4.26. The fourth-order valence-electron chi connectivity index (χ4n) is 1.55. The number of anilines is 1. The number of pyridine rings is 1. The average Bonchev–Trinajstić information content (AvgIpc) is 2.39. The number of nitrogens with two attached hydrogens (primary N) is 1. The molecule has 0 bridgehead atoms. The Bertz CT molecular complexity index is 662. The highest BCUT2D eigenvalue weighted by molar-refractivity contribution is 9.10. The van der Waals surface area contributed by atoms with Gasteiger partial charge < -0.3 is 15.2 Å². The van der Waals surface area contributed by atoms with Gasteiger partial charge in [0.1, 0.15) is 17.3 Å². The highest BCUT2D eigenvalue weighted by Gasteiger charge is 2.31. The van der Waals surface area contributed by atoms with Gasteiger partial charge in [-0.2, -0.15) is 18.2 Å². The number of nitrogen functional groups attached to an aromatic ring is 1. The maximum Gasteiger partial charge on any atom is 0.416 e. The van der Waals surface area contributed by atoms with Crippen molar-refractivity contribution in [2.75, 3.05) is 12.8 Å². The van der Waals surface area contributed by atoms with Crippen LogP contribution in [-0.4, -0.2) is 12.1 Å². The fourth-order valence-corrected chi connectivity index (χ4v) is 1.98. The van der Waals surface area contributed by atoms with E-state index in [4.69, 9.17) is 15.2 Å². The number of ether oxygens (including phenoxy) is 2. The second kappa shape index (κ2) is 5.80. The molecule has 112 valence electrons. The van der Waals surface area contributed by atoms with Crippen LogP contribution in [0, 0.1) is 0 Å². The molecule has 2 N–H and O–H groups in total. The second-order valence-corrected chi connectivity index (χ2v) is 4.87. The first-order valence-corrected chi connectivity index (χ1v) is 6.45. The lowest BCUT2D eigenvalue weighted by Crippen LogP contribution is -2.07. The van der Waals surface area contributed by atoms with E-state index in [-0.39, 0.29) is 11.7 Å². The van der Waals surface area contributed by atoms with E-state index < -0.39 is 11.7 Å². The van der Waals surface area contributed by atoms with E-state index in [1.807, 2.05) is 0 Å². The summed E-state index contributed by atoms with van der Waals surface area (Å²) in [7, 11) is 1.50. The first-order valence-electron chi connectivity index (χ1n) is 5.66. The number of nitrogens with zero attached hydrogens (tertiary/aromatic N) is 1. The van der Waals surface area contributed by atoms with Crippen LogP contribution in [0.25, 0.3) is 0 Å². The average molecular weight is 363 g/mol. The van der Waals surface area contributed by atoms with Crippen LogP contribution in [0.1, 0.15) is 5.56 Å². The largest absolute Gasteiger partial charge is 0.497 e. The van der Waals surface area contributed by atoms with Crippen molar-refractivity contribution < 1.29 is 22.6 Å². The maximum atomic E-state index is 12.7. The van der Waals surface area contributed by atoms with Crippen LogP contribution in [0.3, 0.4) is 0 Å². The highest BCUT2D eigenvalue weighted by Crippen LogP contribution is 2.35. The summed E-state index contributed by atoms with van der Waals surface area (Å²) < 4.78 is 49.0. The monoisotopic (exact) mass is 362 g/mol. The zero-order valence-electron chi connectivity index (χ0n) is 10.7. The predicted molar refractivity (Wildman–Crippen MR) is 74.4 cm³/mol. The van der Waals surface area contributed by atoms with Crippen LogP contribution in [0.2, 0.25) is 0 Å². The molecule has 0 saturated heterocycles. The third-order valence-electron chi connectivity index (χ3n) is 2.50. The van der Waals surface area contributed by atoms with Crippen LogP contribution >= 0.6 is 15.9 Å². The minimum absolute atomic E-state index is 0.242. The molecule has 21 heavy (non-hydrogen) atoms. The van der Waals surface area contributed by atoms with Crippen LogP contribution in [0.5, 0.6) is 17.4 Å². The second-order valence-electron chi connectivity index (χ2n) is 4.02. The van der Waals surface area contributed by atoms with Gasteiger partial charge in [-0.25, -0.2) is 0 Å². The molecule has 1 heterocycles. The van der Waals surface area contributed by atoms with Gasteiger partial charge in [0.05, 0.1) is 17.1 Å². The molecule has 8 heteroatoms. The van der Waals surface area contributed by atoms with Crippen molar-refractivity contribution >= 4 is 21.7 Å². The fraction of sp³-hybridized carbons (Fsp3) is 0.154. The molecular formula is C13H10BrF3N2O2. The van der Waals surface area contributed by atoms with E-state index in [2.05, 4.69) is 20.9 Å². The first kappa shape index (κ1) is 15.4. The lowest BCUT2D eigenvalue weighted by atomic mass is 10.2. The Morgan fingerprint density at radius 2 is 1.90 bits per heavy atom. The summed E-state index contributed by atoms with van der Waals surface area (Å²) in [6, 6.07) is 6.30. The highest BCUT2D eigenvalue weighted by atomic mass is 79.9. The zero-order chi connectivity index (χ0) is 15.6. The van der Waals surface area contributed by atoms with E-state index in [0.717, 1.165) is 12.1 Å². The standard InChI is InChI=1S/C13H10BrF3N2O2/c1-20-8-2-3-10(9(14)6-8)21-12-5-7(13(15,16)17)4-11(18)19-12/h2-6H,1H3,(H2,18,19). The van der Waals surface area contributed by atoms with Gasteiger partial charge in [-0.05, 0) is 40.2 Å². The molecule has 0 radical (unpaired) electrons. The Balaban J connectivity index is 2.33. The molecule has 0 spiro atoms. The normalized spacial score (nSPS) is 11.3. The number of alkyl halides is 3. The Morgan fingerprint density at radius 1 is 1.19 bits per heavy atom. The van der Waals surface area contributed by atoms with Gasteiger partial charge in [0.25, 0.3) is 0 Å². The van der Waals surface area contributed by atoms with Crippen molar-refractivity contribution in [2.45, 2.75) is 6.18 Å². The molecular weight excluding hydrogens is 353 g/mol. The molecule has 0 aliphatic heterocycles. The van der Waals surface area contributed by atoms with E-state index >= 15 is 0 Å². The van der Waals surface area contributed by atoms with Gasteiger partial charge in [0, 0.05) is 6.07 Å². The minimum atomic E-state index is -4.52. The van der Waals surface area contributed by atoms with Crippen LogP contribution in [0.4, 0.5) is 19.0 Å². The number of halogens is 4. The third kappa shape index (κ3) is 3.78. The van der Waals surface area contributed by atoms with Crippen molar-refractivity contribution in [3.8, 4) is 17.4 Å². The summed E-state index contributed by atoms with van der Waals surface area (Å²) in [5.74, 6) is 0.352. The smallest absolute Gasteiger partial charge is 0.416 e. The number of hydrogen-bond donors (Lipinski definition) is 1. The van der Waals surface area contributed by atoms with Crippen molar-refractivity contribution in [1.29, 1.82) is 0 Å². The van der Waals surface area contributed by atoms with Gasteiger partial charge in [-0.15, -0.1) is 0 Å². The molecule has 0 fully saturated rings. The zero-order valence-corrected chi connectivity index (χ0v) is 12.3. The van der Waals surface area contributed by atoms with Gasteiger partial charge in [0.2, 0.25) is 5.88 Å². The number of methoxy groups -OCH3 is 1. The summed E-state index contributed by atoms with van der Waals surface area (Å²) in [5.41, 5.74) is 4.45. The van der Waals surface area contributed by atoms with Gasteiger partial charge in [-0.3, -0.25) is 0 Å². The number of aromatic nitrogens is 1. The minimum Gasteiger partial charge on any atom is -0.497 e. The lowest BCUT2D eigenvalue weighted by Gasteiger charge is -2.12. The summed E-state index contributed by atoms with van der Waals surface area (Å²) in [5, 5.41) is 0. The summed E-state index contributed by atoms with van der Waals surface area (Å²) >= 11 is 3.24. The van der Waals surface area contributed by atoms with E-state index in [9.17, 15) is 13.2 Å². The summed E-state index contributed by atoms with van der Waals surface area (Å²) in [4.78, 5) is 3.73. The summed E-state index contributed by atoms with van der Waals surface area (Å²) in [6.45, 7) is 0. The van der Waals surface area contributed by atoms with Crippen molar-refractivity contribution in [3.63, 3.8) is 0 Å². The lowest BCUT2D eigenvalue weighted by molar-refractivity contribution is -0.137. The van der Waals surface area contributed by atoms with E-state index in [1.54, 1.807) is 18.2 Å². The SMILES string of the molecule is COc1ccc(Oc2cc(C(F)(F)F)cc(N)n2)c(Br)c1. The number of hydrogen-bond acceptors (Lipinski definition) is 4. The summed E-state index contributed by atoms with van der Waals surface area (Å²) in [6.07, 6.45) is -4.52. The molecule has 1 aromatic carbocycles. The third-order valence-corrected chi connectivity index (χ3v) is 3.12. The topological polar surface area (TPSA) is 57.4 Å². The van der Waals surface area contributed by atoms with Crippen LogP contribution in [-0.2, 0) is 6.18 Å². The van der Waals surface area contributed by atoms with Gasteiger partial charge >= 0.3 is 6.18 Å². The molecule has 1 aromatic heterocycles. The van der Waals surface area contributed by atoms with Crippen LogP contribution in [0.15, 0.2) is 34.8 Å². The van der Waals surface area contributed by atoms with Gasteiger partial charge in [-0.1, -0.05) is 0 Å². The molecule has 0 atom stereocenters. The number of rotatable bonds is 3. The van der Waals surface area contributed by atoms with E-state index in [0.29, 0.717) is 16.0 Å². The maximum absolute atomic E-state index is 12.7. The van der Waals surface area contributed by atoms with Gasteiger partial charge in [0.15, 0.2) is 0 Å². The molecule has 0 amide bonds. The molecule has 0 saturated carbocycles. The van der Waals surface area contributed by atoms with Crippen molar-refractivity contribution in [3.05, 3.63) is 40.4 Å². The molecule has 0 aliphatic carbocycles. The Morgan fingerprint density at radius 3 is 2.48 bits per heavy atom. The molecule has 2 rings (SSSR count). The van der Waals surface area contributed by atoms with Crippen molar-refractivity contribution in [1.82, 2.24) is 4.98 Å². The quantitative estimate of drug-likeness (QED) is 0.886.